The highest BCUT2D eigenvalue weighted by atomic mass is 19.1. The van der Waals surface area contributed by atoms with Gasteiger partial charge in [-0.2, -0.15) is 0 Å². The van der Waals surface area contributed by atoms with Gasteiger partial charge in [0.15, 0.2) is 0 Å². The first-order chi connectivity index (χ1) is 8.95. The molecule has 0 radical (unpaired) electrons. The Bertz CT molecular complexity index is 413. The smallest absolute Gasteiger partial charge is 0.126 e. The average molecular weight is 267 g/mol. The van der Waals surface area contributed by atoms with Crippen LogP contribution in [-0.4, -0.2) is 6.04 Å². The molecule has 0 amide bonds. The van der Waals surface area contributed by atoms with Crippen LogP contribution in [0.25, 0.3) is 0 Å². The van der Waals surface area contributed by atoms with Gasteiger partial charge >= 0.3 is 0 Å². The largest absolute Gasteiger partial charge is 0.307 e. The zero-order valence-electron chi connectivity index (χ0n) is 11.9. The van der Waals surface area contributed by atoms with Gasteiger partial charge in [-0.3, -0.25) is 0 Å². The minimum Gasteiger partial charge on any atom is -0.307 e. The summed E-state index contributed by atoms with van der Waals surface area (Å²) in [5.41, 5.74) is 0.684. The van der Waals surface area contributed by atoms with Crippen molar-refractivity contribution in [3.05, 3.63) is 35.4 Å². The van der Waals surface area contributed by atoms with E-state index in [4.69, 9.17) is 0 Å². The molecule has 1 aromatic carbocycles. The van der Waals surface area contributed by atoms with Crippen LogP contribution in [0.5, 0.6) is 0 Å². The molecule has 0 aromatic heterocycles. The van der Waals surface area contributed by atoms with Crippen LogP contribution >= 0.6 is 0 Å². The van der Waals surface area contributed by atoms with Crippen molar-refractivity contribution >= 4 is 0 Å². The first kappa shape index (κ1) is 14.4. The first-order valence-electron chi connectivity index (χ1n) is 7.17. The SMILES string of the molecule is CC1CCC(NC(C)c2cc(F)cc(F)c2)C(C)C1. The van der Waals surface area contributed by atoms with Crippen molar-refractivity contribution in [1.82, 2.24) is 5.32 Å². The topological polar surface area (TPSA) is 12.0 Å². The Labute approximate surface area is 114 Å². The molecule has 0 saturated heterocycles. The van der Waals surface area contributed by atoms with Crippen molar-refractivity contribution in [2.75, 3.05) is 0 Å². The Kier molecular flexibility index (Phi) is 4.56. The predicted octanol–water partition coefficient (Wildman–Crippen LogP) is 4.44. The molecular weight excluding hydrogens is 244 g/mol. The number of hydrogen-bond acceptors (Lipinski definition) is 1. The molecular formula is C16H23F2N. The minimum absolute atomic E-state index is 0.0222. The molecule has 19 heavy (non-hydrogen) atoms. The Morgan fingerprint density at radius 1 is 1.11 bits per heavy atom. The van der Waals surface area contributed by atoms with Gasteiger partial charge in [0.2, 0.25) is 0 Å². The van der Waals surface area contributed by atoms with Crippen LogP contribution < -0.4 is 5.32 Å². The van der Waals surface area contributed by atoms with Gasteiger partial charge in [0.25, 0.3) is 0 Å². The lowest BCUT2D eigenvalue weighted by atomic mass is 9.79. The second kappa shape index (κ2) is 6.00. The lowest BCUT2D eigenvalue weighted by Gasteiger charge is -2.35. The molecule has 1 fully saturated rings. The second-order valence-electron chi connectivity index (χ2n) is 6.09. The molecule has 4 unspecified atom stereocenters. The molecule has 0 bridgehead atoms. The minimum atomic E-state index is -0.506. The highest BCUT2D eigenvalue weighted by Gasteiger charge is 2.26. The molecule has 4 atom stereocenters. The third kappa shape index (κ3) is 3.75. The summed E-state index contributed by atoms with van der Waals surface area (Å²) < 4.78 is 26.5. The molecule has 2 rings (SSSR count). The summed E-state index contributed by atoms with van der Waals surface area (Å²) in [6.07, 6.45) is 3.60. The number of rotatable bonds is 3. The monoisotopic (exact) mass is 267 g/mol. The maximum Gasteiger partial charge on any atom is 0.126 e. The van der Waals surface area contributed by atoms with Gasteiger partial charge in [-0.05, 0) is 55.7 Å². The van der Waals surface area contributed by atoms with Gasteiger partial charge in [-0.1, -0.05) is 13.8 Å². The fourth-order valence-electron chi connectivity index (χ4n) is 3.16. The van der Waals surface area contributed by atoms with Crippen molar-refractivity contribution in [2.45, 2.75) is 52.1 Å². The number of hydrogen-bond donors (Lipinski definition) is 1. The fraction of sp³-hybridized carbons (Fsp3) is 0.625. The number of nitrogens with one attached hydrogen (secondary N) is 1. The lowest BCUT2D eigenvalue weighted by Crippen LogP contribution is -2.40. The molecule has 1 aliphatic carbocycles. The van der Waals surface area contributed by atoms with E-state index in [2.05, 4.69) is 19.2 Å². The highest BCUT2D eigenvalue weighted by Crippen LogP contribution is 2.30. The molecule has 0 spiro atoms. The van der Waals surface area contributed by atoms with E-state index in [9.17, 15) is 8.78 Å². The predicted molar refractivity (Wildman–Crippen MR) is 73.9 cm³/mol. The first-order valence-corrected chi connectivity index (χ1v) is 7.17. The van der Waals surface area contributed by atoms with Gasteiger partial charge < -0.3 is 5.32 Å². The average Bonchev–Trinajstić information content (AvgIpc) is 2.31. The maximum absolute atomic E-state index is 13.2. The van der Waals surface area contributed by atoms with E-state index in [1.165, 1.54) is 25.0 Å². The zero-order chi connectivity index (χ0) is 14.0. The van der Waals surface area contributed by atoms with Crippen LogP contribution in [0.3, 0.4) is 0 Å². The Balaban J connectivity index is 2.02. The van der Waals surface area contributed by atoms with Crippen LogP contribution in [0.1, 0.15) is 51.6 Å². The van der Waals surface area contributed by atoms with E-state index < -0.39 is 11.6 Å². The van der Waals surface area contributed by atoms with Crippen LogP contribution in [0.2, 0.25) is 0 Å². The normalized spacial score (nSPS) is 29.2. The second-order valence-corrected chi connectivity index (χ2v) is 6.09. The third-order valence-electron chi connectivity index (χ3n) is 4.28. The van der Waals surface area contributed by atoms with Crippen LogP contribution in [-0.2, 0) is 0 Å². The molecule has 1 N–H and O–H groups in total. The van der Waals surface area contributed by atoms with E-state index in [0.717, 1.165) is 18.4 Å². The van der Waals surface area contributed by atoms with Crippen molar-refractivity contribution in [3.63, 3.8) is 0 Å². The lowest BCUT2D eigenvalue weighted by molar-refractivity contribution is 0.216. The van der Waals surface area contributed by atoms with E-state index >= 15 is 0 Å². The van der Waals surface area contributed by atoms with Crippen LogP contribution in [0.4, 0.5) is 8.78 Å². The summed E-state index contributed by atoms with van der Waals surface area (Å²) in [6.45, 7) is 6.52. The van der Waals surface area contributed by atoms with Crippen molar-refractivity contribution in [3.8, 4) is 0 Å². The van der Waals surface area contributed by atoms with E-state index in [-0.39, 0.29) is 6.04 Å². The molecule has 1 aromatic rings. The van der Waals surface area contributed by atoms with Crippen molar-refractivity contribution < 1.29 is 8.78 Å². The molecule has 3 heteroatoms. The zero-order valence-corrected chi connectivity index (χ0v) is 11.9. The quantitative estimate of drug-likeness (QED) is 0.853. The molecule has 1 saturated carbocycles. The summed E-state index contributed by atoms with van der Waals surface area (Å²) in [5, 5.41) is 3.53. The standard InChI is InChI=1S/C16H23F2N/c1-10-4-5-16(11(2)6-10)19-12(3)13-7-14(17)9-15(18)8-13/h7-12,16,19H,4-6H2,1-3H3. The van der Waals surface area contributed by atoms with Gasteiger partial charge in [0, 0.05) is 18.2 Å². The summed E-state index contributed by atoms with van der Waals surface area (Å²) in [5.74, 6) is 0.391. The summed E-state index contributed by atoms with van der Waals surface area (Å²) in [7, 11) is 0. The van der Waals surface area contributed by atoms with Gasteiger partial charge in [-0.25, -0.2) is 8.78 Å². The number of benzene rings is 1. The number of halogens is 2. The Morgan fingerprint density at radius 3 is 2.32 bits per heavy atom. The van der Waals surface area contributed by atoms with E-state index in [0.29, 0.717) is 17.5 Å². The molecule has 1 nitrogen and oxygen atoms in total. The van der Waals surface area contributed by atoms with Gasteiger partial charge in [0.05, 0.1) is 0 Å². The molecule has 0 heterocycles. The highest BCUT2D eigenvalue weighted by molar-refractivity contribution is 5.21. The molecule has 1 aliphatic rings. The summed E-state index contributed by atoms with van der Waals surface area (Å²) >= 11 is 0. The fourth-order valence-corrected chi connectivity index (χ4v) is 3.16. The third-order valence-corrected chi connectivity index (χ3v) is 4.28. The van der Waals surface area contributed by atoms with Crippen LogP contribution in [0.15, 0.2) is 18.2 Å². The van der Waals surface area contributed by atoms with Crippen molar-refractivity contribution in [1.29, 1.82) is 0 Å². The van der Waals surface area contributed by atoms with E-state index in [1.54, 1.807) is 0 Å². The Morgan fingerprint density at radius 2 is 1.74 bits per heavy atom. The summed E-state index contributed by atoms with van der Waals surface area (Å²) in [6, 6.07) is 4.16. The van der Waals surface area contributed by atoms with Crippen molar-refractivity contribution in [2.24, 2.45) is 11.8 Å². The van der Waals surface area contributed by atoms with E-state index in [1.807, 2.05) is 6.92 Å². The maximum atomic E-state index is 13.2. The van der Waals surface area contributed by atoms with Crippen LogP contribution in [0, 0.1) is 23.5 Å². The summed E-state index contributed by atoms with van der Waals surface area (Å²) in [4.78, 5) is 0. The molecule has 0 aliphatic heterocycles. The Hall–Kier alpha value is -0.960. The molecule has 106 valence electrons. The van der Waals surface area contributed by atoms with Gasteiger partial charge in [-0.15, -0.1) is 0 Å². The van der Waals surface area contributed by atoms with Gasteiger partial charge in [0.1, 0.15) is 11.6 Å².